The van der Waals surface area contributed by atoms with Gasteiger partial charge in [-0.3, -0.25) is 9.59 Å². The van der Waals surface area contributed by atoms with Crippen LogP contribution in [0.5, 0.6) is 0 Å². The molecule has 0 fully saturated rings. The third-order valence-electron chi connectivity index (χ3n) is 2.02. The maximum atomic E-state index is 12.3. The zero-order valence-corrected chi connectivity index (χ0v) is 9.34. The fraction of sp³-hybridized carbons (Fsp3) is 0.400. The molecule has 1 amide bonds. The molecule has 0 unspecified atom stereocenters. The highest BCUT2D eigenvalue weighted by Gasteiger charge is 2.32. The number of carbonyl (C=O) groups is 1. The predicted octanol–water partition coefficient (Wildman–Crippen LogP) is 0.504. The van der Waals surface area contributed by atoms with E-state index in [2.05, 4.69) is 5.32 Å². The Balaban J connectivity index is 2.93. The first-order chi connectivity index (χ1) is 8.21. The summed E-state index contributed by atoms with van der Waals surface area (Å²) in [6.45, 7) is 1.32. The number of H-pyrrole nitrogens is 1. The Bertz CT molecular complexity index is 494. The van der Waals surface area contributed by atoms with Crippen LogP contribution < -0.4 is 10.9 Å². The van der Waals surface area contributed by atoms with E-state index in [-0.39, 0.29) is 6.54 Å². The van der Waals surface area contributed by atoms with E-state index in [9.17, 15) is 22.8 Å². The molecular formula is C10H11F3N2O3. The molecule has 0 saturated heterocycles. The molecule has 0 saturated carbocycles. The van der Waals surface area contributed by atoms with Gasteiger partial charge in [0, 0.05) is 6.54 Å². The number of halogens is 3. The Kier molecular flexibility index (Phi) is 4.12. The fourth-order valence-corrected chi connectivity index (χ4v) is 1.15. The van der Waals surface area contributed by atoms with Crippen LogP contribution in [-0.4, -0.2) is 28.6 Å². The molecule has 18 heavy (non-hydrogen) atoms. The number of hydrogen-bond donors (Lipinski definition) is 3. The Morgan fingerprint density at radius 2 is 2.11 bits per heavy atom. The van der Waals surface area contributed by atoms with E-state index in [0.29, 0.717) is 6.07 Å². The summed E-state index contributed by atoms with van der Waals surface area (Å²) in [7, 11) is 0. The molecule has 1 rings (SSSR count). The minimum Gasteiger partial charge on any atom is -0.392 e. The van der Waals surface area contributed by atoms with E-state index >= 15 is 0 Å². The number of alkyl halides is 3. The summed E-state index contributed by atoms with van der Waals surface area (Å²) < 4.78 is 36.8. The van der Waals surface area contributed by atoms with Crippen molar-refractivity contribution in [2.45, 2.75) is 19.2 Å². The van der Waals surface area contributed by atoms with E-state index in [4.69, 9.17) is 5.11 Å². The monoisotopic (exact) mass is 264 g/mol. The Hall–Kier alpha value is -1.83. The number of amides is 1. The molecule has 8 heteroatoms. The first-order valence-corrected chi connectivity index (χ1v) is 4.98. The molecule has 1 aromatic rings. The Labute approximate surface area is 99.6 Å². The average molecular weight is 264 g/mol. The van der Waals surface area contributed by atoms with E-state index in [0.717, 1.165) is 6.07 Å². The van der Waals surface area contributed by atoms with Crippen molar-refractivity contribution in [2.24, 2.45) is 0 Å². The average Bonchev–Trinajstić information content (AvgIpc) is 2.24. The molecule has 1 atom stereocenters. The highest BCUT2D eigenvalue weighted by atomic mass is 19.4. The molecule has 0 aliphatic carbocycles. The summed E-state index contributed by atoms with van der Waals surface area (Å²) in [6, 6.07) is 1.40. The summed E-state index contributed by atoms with van der Waals surface area (Å²) in [5, 5.41) is 11.1. The highest BCUT2D eigenvalue weighted by molar-refractivity contribution is 5.93. The lowest BCUT2D eigenvalue weighted by Crippen LogP contribution is -2.34. The second kappa shape index (κ2) is 5.21. The largest absolute Gasteiger partial charge is 0.431 e. The normalized spacial score (nSPS) is 13.2. The van der Waals surface area contributed by atoms with Crippen LogP contribution in [0.2, 0.25) is 0 Å². The van der Waals surface area contributed by atoms with Gasteiger partial charge in [0.1, 0.15) is 11.3 Å². The van der Waals surface area contributed by atoms with E-state index in [1.165, 1.54) is 6.92 Å². The van der Waals surface area contributed by atoms with Gasteiger partial charge in [-0.15, -0.1) is 0 Å². The first kappa shape index (κ1) is 14.2. The molecule has 100 valence electrons. The minimum absolute atomic E-state index is 0.0979. The molecule has 0 aliphatic heterocycles. The van der Waals surface area contributed by atoms with Gasteiger partial charge in [-0.25, -0.2) is 0 Å². The number of carbonyl (C=O) groups excluding carboxylic acids is 1. The van der Waals surface area contributed by atoms with Crippen LogP contribution in [0.3, 0.4) is 0 Å². The fourth-order valence-electron chi connectivity index (χ4n) is 1.15. The Morgan fingerprint density at radius 3 is 2.56 bits per heavy atom. The van der Waals surface area contributed by atoms with Gasteiger partial charge in [-0.2, -0.15) is 13.2 Å². The predicted molar refractivity (Wildman–Crippen MR) is 56.1 cm³/mol. The summed E-state index contributed by atoms with van der Waals surface area (Å²) in [5.74, 6) is -0.842. The molecule has 0 aromatic carbocycles. The van der Waals surface area contributed by atoms with Crippen molar-refractivity contribution >= 4 is 5.91 Å². The maximum absolute atomic E-state index is 12.3. The van der Waals surface area contributed by atoms with Gasteiger partial charge in [0.05, 0.1) is 6.10 Å². The number of aliphatic hydroxyl groups excluding tert-OH is 1. The molecule has 5 nitrogen and oxygen atoms in total. The number of aliphatic hydroxyl groups is 1. The Morgan fingerprint density at radius 1 is 1.50 bits per heavy atom. The highest BCUT2D eigenvalue weighted by Crippen LogP contribution is 2.26. The number of pyridine rings is 1. The minimum atomic E-state index is -4.67. The van der Waals surface area contributed by atoms with Gasteiger partial charge in [0.2, 0.25) is 0 Å². The number of aromatic nitrogens is 1. The van der Waals surface area contributed by atoms with E-state index in [1.807, 2.05) is 0 Å². The van der Waals surface area contributed by atoms with Crippen LogP contribution >= 0.6 is 0 Å². The molecular weight excluding hydrogens is 253 g/mol. The molecule has 0 radical (unpaired) electrons. The van der Waals surface area contributed by atoms with Crippen LogP contribution in [-0.2, 0) is 6.18 Å². The van der Waals surface area contributed by atoms with Gasteiger partial charge < -0.3 is 15.4 Å². The van der Waals surface area contributed by atoms with Crippen LogP contribution in [0.25, 0.3) is 0 Å². The van der Waals surface area contributed by atoms with Crippen LogP contribution in [0, 0.1) is 0 Å². The van der Waals surface area contributed by atoms with Gasteiger partial charge >= 0.3 is 6.18 Å². The van der Waals surface area contributed by atoms with Gasteiger partial charge in [-0.1, -0.05) is 0 Å². The molecule has 0 bridgehead atoms. The van der Waals surface area contributed by atoms with Crippen LogP contribution in [0.15, 0.2) is 16.9 Å². The van der Waals surface area contributed by atoms with Gasteiger partial charge in [0.15, 0.2) is 0 Å². The van der Waals surface area contributed by atoms with Crippen molar-refractivity contribution in [1.82, 2.24) is 10.3 Å². The third kappa shape index (κ3) is 3.59. The van der Waals surface area contributed by atoms with Crippen LogP contribution in [0.1, 0.15) is 23.0 Å². The third-order valence-corrected chi connectivity index (χ3v) is 2.02. The molecule has 0 spiro atoms. The molecule has 0 aliphatic rings. The SMILES string of the molecule is C[C@@H](O)CNC(=O)c1ccc(C(F)(F)F)[nH]c1=O. The zero-order chi connectivity index (χ0) is 13.9. The quantitative estimate of drug-likeness (QED) is 0.743. The second-order valence-electron chi connectivity index (χ2n) is 3.67. The van der Waals surface area contributed by atoms with E-state index in [1.54, 1.807) is 4.98 Å². The standard InChI is InChI=1S/C10H11F3N2O3/c1-5(16)4-14-8(17)6-2-3-7(10(11,12)13)15-9(6)18/h2-3,5,16H,4H2,1H3,(H,14,17)(H,15,18)/t5-/m1/s1. The molecule has 1 heterocycles. The molecule has 3 N–H and O–H groups in total. The topological polar surface area (TPSA) is 82.2 Å². The van der Waals surface area contributed by atoms with Crippen molar-refractivity contribution in [3.63, 3.8) is 0 Å². The number of rotatable bonds is 3. The van der Waals surface area contributed by atoms with Crippen LogP contribution in [0.4, 0.5) is 13.2 Å². The summed E-state index contributed by atoms with van der Waals surface area (Å²) in [6.07, 6.45) is -5.49. The van der Waals surface area contributed by atoms with Crippen molar-refractivity contribution in [3.05, 3.63) is 33.7 Å². The summed E-state index contributed by atoms with van der Waals surface area (Å²) in [4.78, 5) is 24.3. The van der Waals surface area contributed by atoms with Gasteiger partial charge in [0.25, 0.3) is 11.5 Å². The number of aromatic amines is 1. The second-order valence-corrected chi connectivity index (χ2v) is 3.67. The van der Waals surface area contributed by atoms with E-state index < -0.39 is 35.0 Å². The first-order valence-electron chi connectivity index (χ1n) is 4.98. The summed E-state index contributed by atoms with van der Waals surface area (Å²) >= 11 is 0. The number of hydrogen-bond acceptors (Lipinski definition) is 3. The lowest BCUT2D eigenvalue weighted by molar-refractivity contribution is -0.141. The maximum Gasteiger partial charge on any atom is 0.431 e. The lowest BCUT2D eigenvalue weighted by Gasteiger charge is -2.08. The van der Waals surface area contributed by atoms with Crippen molar-refractivity contribution in [3.8, 4) is 0 Å². The smallest absolute Gasteiger partial charge is 0.392 e. The van der Waals surface area contributed by atoms with Crippen molar-refractivity contribution in [1.29, 1.82) is 0 Å². The number of nitrogens with one attached hydrogen (secondary N) is 2. The molecule has 1 aromatic heterocycles. The zero-order valence-electron chi connectivity index (χ0n) is 9.34. The lowest BCUT2D eigenvalue weighted by atomic mass is 10.2. The van der Waals surface area contributed by atoms with Crippen molar-refractivity contribution < 1.29 is 23.1 Å². The summed E-state index contributed by atoms with van der Waals surface area (Å²) in [5.41, 5.74) is -2.80. The van der Waals surface area contributed by atoms with Crippen molar-refractivity contribution in [2.75, 3.05) is 6.54 Å². The van der Waals surface area contributed by atoms with Gasteiger partial charge in [-0.05, 0) is 19.1 Å².